The number of nitrogens with two attached hydrogens (primary N) is 1. The molecule has 3 aromatic rings. The van der Waals surface area contributed by atoms with E-state index in [2.05, 4.69) is 27.6 Å². The molecule has 1 unspecified atom stereocenters. The fraction of sp³-hybridized carbons (Fsp3) is 0.167. The van der Waals surface area contributed by atoms with Gasteiger partial charge in [0.05, 0.1) is 17.3 Å². The van der Waals surface area contributed by atoms with Crippen molar-refractivity contribution in [1.82, 2.24) is 9.78 Å². The number of nitrogens with one attached hydrogen (secondary N) is 1. The zero-order chi connectivity index (χ0) is 17.6. The summed E-state index contributed by atoms with van der Waals surface area (Å²) in [6.07, 6.45) is 0.588. The molecular weight excluding hydrogens is 334 g/mol. The van der Waals surface area contributed by atoms with Crippen LogP contribution in [0.1, 0.15) is 23.1 Å². The zero-order valence-electron chi connectivity index (χ0n) is 13.5. The first-order valence-corrected chi connectivity index (χ1v) is 8.63. The van der Waals surface area contributed by atoms with E-state index in [4.69, 9.17) is 11.0 Å². The van der Waals surface area contributed by atoms with E-state index in [1.807, 2.05) is 25.1 Å². The second kappa shape index (κ2) is 5.46. The van der Waals surface area contributed by atoms with Gasteiger partial charge in [-0.2, -0.15) is 5.26 Å². The molecular formula is C18H15N5OS. The molecule has 1 aliphatic heterocycles. The number of aromatic nitrogens is 2. The van der Waals surface area contributed by atoms with Crippen molar-refractivity contribution in [3.63, 3.8) is 0 Å². The van der Waals surface area contributed by atoms with Crippen molar-refractivity contribution in [2.24, 2.45) is 10.7 Å². The predicted molar refractivity (Wildman–Crippen MR) is 97.6 cm³/mol. The Bertz CT molecular complexity index is 1100. The van der Waals surface area contributed by atoms with Gasteiger partial charge in [0.1, 0.15) is 5.54 Å². The number of benzene rings is 1. The lowest BCUT2D eigenvalue weighted by atomic mass is 9.92. The Morgan fingerprint density at radius 3 is 3.00 bits per heavy atom. The maximum absolute atomic E-state index is 11.6. The largest absolute Gasteiger partial charge is 0.368 e. The number of rotatable bonds is 2. The normalized spacial score (nSPS) is 19.1. The third-order valence-corrected chi connectivity index (χ3v) is 5.56. The van der Waals surface area contributed by atoms with Crippen LogP contribution in [-0.4, -0.2) is 15.7 Å². The van der Waals surface area contributed by atoms with Crippen molar-refractivity contribution in [2.45, 2.75) is 18.9 Å². The quantitative estimate of drug-likeness (QED) is 0.743. The molecule has 0 amide bonds. The Morgan fingerprint density at radius 1 is 1.36 bits per heavy atom. The van der Waals surface area contributed by atoms with Crippen molar-refractivity contribution in [3.8, 4) is 17.2 Å². The van der Waals surface area contributed by atoms with Gasteiger partial charge in [-0.15, -0.1) is 11.3 Å². The Hall–Kier alpha value is -3.11. The summed E-state index contributed by atoms with van der Waals surface area (Å²) < 4.78 is 1.54. The second-order valence-corrected chi connectivity index (χ2v) is 7.17. The number of nitriles is 1. The van der Waals surface area contributed by atoms with Gasteiger partial charge in [0.15, 0.2) is 0 Å². The first-order valence-electron chi connectivity index (χ1n) is 7.75. The molecule has 0 aliphatic carbocycles. The van der Waals surface area contributed by atoms with Gasteiger partial charge >= 0.3 is 0 Å². The first-order chi connectivity index (χ1) is 12.0. The topological polar surface area (TPSA) is 100.0 Å². The van der Waals surface area contributed by atoms with Gasteiger partial charge < -0.3 is 5.73 Å². The number of thiophene rings is 1. The van der Waals surface area contributed by atoms with Crippen molar-refractivity contribution in [3.05, 3.63) is 68.3 Å². The van der Waals surface area contributed by atoms with Gasteiger partial charge in [-0.25, -0.2) is 9.67 Å². The number of nitrogens with zero attached hydrogens (tertiary/aromatic N) is 3. The molecule has 0 saturated heterocycles. The molecule has 0 radical (unpaired) electrons. The molecule has 0 bridgehead atoms. The predicted octanol–water partition coefficient (Wildman–Crippen LogP) is 2.41. The average molecular weight is 349 g/mol. The number of fused-ring (bicyclic) bond motifs is 1. The zero-order valence-corrected chi connectivity index (χ0v) is 14.3. The summed E-state index contributed by atoms with van der Waals surface area (Å²) in [5, 5.41) is 13.8. The monoisotopic (exact) mass is 349 g/mol. The Balaban J connectivity index is 1.74. The first kappa shape index (κ1) is 15.4. The molecule has 6 nitrogen and oxygen atoms in total. The maximum Gasteiger partial charge on any atom is 0.264 e. The number of hydrogen-bond donors (Lipinski definition) is 2. The van der Waals surface area contributed by atoms with Gasteiger partial charge in [-0.05, 0) is 41.6 Å². The van der Waals surface area contributed by atoms with Gasteiger partial charge in [0.25, 0.3) is 5.56 Å². The molecule has 7 heteroatoms. The lowest BCUT2D eigenvalue weighted by molar-refractivity contribution is 0.471. The van der Waals surface area contributed by atoms with Crippen LogP contribution in [0.5, 0.6) is 0 Å². The SMILES string of the molecule is CC1(c2cc(-c3cccc(C#N)c3)cs2)Cc2cc(=O)[nH]n2C(N)=N1. The van der Waals surface area contributed by atoms with Crippen LogP contribution in [-0.2, 0) is 12.0 Å². The summed E-state index contributed by atoms with van der Waals surface area (Å²) in [5.41, 5.74) is 8.83. The molecule has 3 heterocycles. The van der Waals surface area contributed by atoms with Crippen LogP contribution in [0.2, 0.25) is 0 Å². The molecule has 1 aromatic carbocycles. The molecule has 3 N–H and O–H groups in total. The Labute approximate surface area is 147 Å². The van der Waals surface area contributed by atoms with Crippen molar-refractivity contribution in [2.75, 3.05) is 0 Å². The molecule has 4 rings (SSSR count). The maximum atomic E-state index is 11.6. The lowest BCUT2D eigenvalue weighted by Gasteiger charge is -2.29. The van der Waals surface area contributed by atoms with E-state index in [1.54, 1.807) is 23.5 Å². The highest BCUT2D eigenvalue weighted by molar-refractivity contribution is 7.10. The van der Waals surface area contributed by atoms with Gasteiger partial charge in [-0.1, -0.05) is 12.1 Å². The van der Waals surface area contributed by atoms with Crippen molar-refractivity contribution in [1.29, 1.82) is 5.26 Å². The fourth-order valence-electron chi connectivity index (χ4n) is 3.14. The van der Waals surface area contributed by atoms with Crippen LogP contribution in [0.15, 0.2) is 51.6 Å². The van der Waals surface area contributed by atoms with E-state index in [0.717, 1.165) is 21.7 Å². The minimum absolute atomic E-state index is 0.183. The number of hydrogen-bond acceptors (Lipinski definition) is 5. The minimum Gasteiger partial charge on any atom is -0.368 e. The number of H-pyrrole nitrogens is 1. The highest BCUT2D eigenvalue weighted by atomic mass is 32.1. The van der Waals surface area contributed by atoms with E-state index in [0.29, 0.717) is 12.0 Å². The van der Waals surface area contributed by atoms with Crippen LogP contribution in [0, 0.1) is 11.3 Å². The molecule has 0 fully saturated rings. The van der Waals surface area contributed by atoms with Crippen molar-refractivity contribution < 1.29 is 0 Å². The van der Waals surface area contributed by atoms with Crippen molar-refractivity contribution >= 4 is 17.3 Å². The Morgan fingerprint density at radius 2 is 2.20 bits per heavy atom. The molecule has 124 valence electrons. The minimum atomic E-state index is -0.519. The van der Waals surface area contributed by atoms with Crippen LogP contribution in [0.4, 0.5) is 0 Å². The molecule has 25 heavy (non-hydrogen) atoms. The summed E-state index contributed by atoms with van der Waals surface area (Å²) >= 11 is 1.60. The second-order valence-electron chi connectivity index (χ2n) is 6.26. The van der Waals surface area contributed by atoms with Crippen LogP contribution >= 0.6 is 11.3 Å². The van der Waals surface area contributed by atoms with E-state index in [-0.39, 0.29) is 11.5 Å². The van der Waals surface area contributed by atoms with Crippen LogP contribution in [0.25, 0.3) is 11.1 Å². The third-order valence-electron chi connectivity index (χ3n) is 4.38. The molecule has 1 atom stereocenters. The lowest BCUT2D eigenvalue weighted by Crippen LogP contribution is -2.37. The van der Waals surface area contributed by atoms with Crippen LogP contribution < -0.4 is 11.3 Å². The van der Waals surface area contributed by atoms with E-state index >= 15 is 0 Å². The molecule has 0 spiro atoms. The summed E-state index contributed by atoms with van der Waals surface area (Å²) in [4.78, 5) is 17.3. The summed E-state index contributed by atoms with van der Waals surface area (Å²) in [6, 6.07) is 13.3. The fourth-order valence-corrected chi connectivity index (χ4v) is 4.16. The summed E-state index contributed by atoms with van der Waals surface area (Å²) in [5.74, 6) is 0.285. The number of aromatic amines is 1. The smallest absolute Gasteiger partial charge is 0.264 e. The van der Waals surface area contributed by atoms with Gasteiger partial charge in [0.2, 0.25) is 5.96 Å². The van der Waals surface area contributed by atoms with Gasteiger partial charge in [-0.3, -0.25) is 9.89 Å². The average Bonchev–Trinajstić information content (AvgIpc) is 3.22. The van der Waals surface area contributed by atoms with E-state index in [1.165, 1.54) is 4.68 Å². The third kappa shape index (κ3) is 2.57. The Kier molecular flexibility index (Phi) is 3.37. The molecule has 1 aliphatic rings. The van der Waals surface area contributed by atoms with Gasteiger partial charge in [0, 0.05) is 17.4 Å². The molecule has 2 aromatic heterocycles. The van der Waals surface area contributed by atoms with E-state index in [9.17, 15) is 4.79 Å². The standard InChI is InChI=1S/C18H15N5OS/c1-18(8-14-7-16(24)22-23(14)17(20)21-18)15-6-13(10-25-15)12-4-2-3-11(5-12)9-19/h2-7,10H,8H2,1H3,(H2,20,21)(H,22,24). The molecule has 0 saturated carbocycles. The number of aliphatic imine (C=N–C) groups is 1. The highest BCUT2D eigenvalue weighted by Crippen LogP contribution is 2.38. The van der Waals surface area contributed by atoms with E-state index < -0.39 is 5.54 Å². The highest BCUT2D eigenvalue weighted by Gasteiger charge is 2.34. The van der Waals surface area contributed by atoms with Crippen LogP contribution in [0.3, 0.4) is 0 Å². The summed E-state index contributed by atoms with van der Waals surface area (Å²) in [6.45, 7) is 2.02. The summed E-state index contributed by atoms with van der Waals surface area (Å²) in [7, 11) is 0.